The normalized spacial score (nSPS) is 16.1. The predicted molar refractivity (Wildman–Crippen MR) is 94.5 cm³/mol. The average Bonchev–Trinajstić information content (AvgIpc) is 2.99. The third kappa shape index (κ3) is 4.64. The van der Waals surface area contributed by atoms with Crippen molar-refractivity contribution in [2.24, 2.45) is 0 Å². The van der Waals surface area contributed by atoms with Crippen LogP contribution >= 0.6 is 22.9 Å². The standard InChI is InChI=1S/C17H18ClN3OS/c18-16-5-4-15(23-16)13-20-8-10-21(11-9-20)17(22)6-3-14-2-1-7-19-12-14/h1-7,12H,8-11,13H2/b6-3+. The zero-order valence-electron chi connectivity index (χ0n) is 12.7. The lowest BCUT2D eigenvalue weighted by Gasteiger charge is -2.33. The van der Waals surface area contributed by atoms with E-state index >= 15 is 0 Å². The molecule has 0 aliphatic carbocycles. The van der Waals surface area contributed by atoms with Crippen LogP contribution in [0.5, 0.6) is 0 Å². The molecule has 6 heteroatoms. The lowest BCUT2D eigenvalue weighted by molar-refractivity contribution is -0.127. The minimum Gasteiger partial charge on any atom is -0.337 e. The molecule has 1 amide bonds. The van der Waals surface area contributed by atoms with Gasteiger partial charge in [0, 0.05) is 56.1 Å². The van der Waals surface area contributed by atoms with E-state index in [9.17, 15) is 4.79 Å². The summed E-state index contributed by atoms with van der Waals surface area (Å²) in [4.78, 5) is 21.8. The summed E-state index contributed by atoms with van der Waals surface area (Å²) in [6, 6.07) is 7.80. The minimum atomic E-state index is 0.0627. The summed E-state index contributed by atoms with van der Waals surface area (Å²) in [5, 5.41) is 0. The third-order valence-corrected chi connectivity index (χ3v) is 5.01. The molecule has 0 saturated carbocycles. The molecule has 2 aromatic rings. The molecule has 2 aromatic heterocycles. The maximum absolute atomic E-state index is 12.2. The van der Waals surface area contributed by atoms with Gasteiger partial charge >= 0.3 is 0 Å². The number of rotatable bonds is 4. The van der Waals surface area contributed by atoms with Crippen molar-refractivity contribution in [1.82, 2.24) is 14.8 Å². The fourth-order valence-electron chi connectivity index (χ4n) is 2.53. The lowest BCUT2D eigenvalue weighted by Crippen LogP contribution is -2.47. The van der Waals surface area contributed by atoms with E-state index in [0.717, 1.165) is 42.6 Å². The van der Waals surface area contributed by atoms with Gasteiger partial charge in [-0.1, -0.05) is 17.7 Å². The zero-order valence-corrected chi connectivity index (χ0v) is 14.3. The van der Waals surface area contributed by atoms with Crippen LogP contribution in [0, 0.1) is 0 Å². The van der Waals surface area contributed by atoms with Crippen LogP contribution in [0.25, 0.3) is 6.08 Å². The summed E-state index contributed by atoms with van der Waals surface area (Å²) in [5.41, 5.74) is 0.939. The molecule has 23 heavy (non-hydrogen) atoms. The van der Waals surface area contributed by atoms with Crippen LogP contribution in [0.3, 0.4) is 0 Å². The van der Waals surface area contributed by atoms with Crippen LogP contribution in [0.1, 0.15) is 10.4 Å². The van der Waals surface area contributed by atoms with E-state index in [4.69, 9.17) is 11.6 Å². The Hall–Kier alpha value is -1.69. The smallest absolute Gasteiger partial charge is 0.246 e. The Labute approximate surface area is 145 Å². The summed E-state index contributed by atoms with van der Waals surface area (Å²) in [6.07, 6.45) is 6.91. The van der Waals surface area contributed by atoms with Crippen molar-refractivity contribution in [3.8, 4) is 0 Å². The zero-order chi connectivity index (χ0) is 16.1. The first kappa shape index (κ1) is 16.2. The van der Waals surface area contributed by atoms with Crippen LogP contribution < -0.4 is 0 Å². The molecule has 0 N–H and O–H groups in total. The number of thiophene rings is 1. The molecule has 1 saturated heterocycles. The van der Waals surface area contributed by atoms with Gasteiger partial charge in [-0.3, -0.25) is 14.7 Å². The van der Waals surface area contributed by atoms with E-state index in [1.165, 1.54) is 4.88 Å². The number of hydrogen-bond acceptors (Lipinski definition) is 4. The van der Waals surface area contributed by atoms with Gasteiger partial charge in [-0.2, -0.15) is 0 Å². The van der Waals surface area contributed by atoms with Crippen LogP contribution in [0.15, 0.2) is 42.7 Å². The van der Waals surface area contributed by atoms with Gasteiger partial charge in [0.1, 0.15) is 0 Å². The SMILES string of the molecule is O=C(/C=C/c1cccnc1)N1CCN(Cc2ccc(Cl)s2)CC1. The monoisotopic (exact) mass is 347 g/mol. The molecule has 0 bridgehead atoms. The van der Waals surface area contributed by atoms with Crippen molar-refractivity contribution in [1.29, 1.82) is 0 Å². The van der Waals surface area contributed by atoms with E-state index in [0.29, 0.717) is 0 Å². The summed E-state index contributed by atoms with van der Waals surface area (Å²) < 4.78 is 0.828. The molecule has 0 spiro atoms. The number of pyridine rings is 1. The number of nitrogens with zero attached hydrogens (tertiary/aromatic N) is 3. The number of carbonyl (C=O) groups excluding carboxylic acids is 1. The largest absolute Gasteiger partial charge is 0.337 e. The Morgan fingerprint density at radius 1 is 1.26 bits per heavy atom. The van der Waals surface area contributed by atoms with Gasteiger partial charge in [-0.05, 0) is 29.8 Å². The summed E-state index contributed by atoms with van der Waals surface area (Å²) in [5.74, 6) is 0.0627. The van der Waals surface area contributed by atoms with E-state index in [1.54, 1.807) is 29.8 Å². The Kier molecular flexibility index (Phi) is 5.43. The topological polar surface area (TPSA) is 36.4 Å². The van der Waals surface area contributed by atoms with Crippen molar-refractivity contribution in [2.45, 2.75) is 6.54 Å². The first-order valence-electron chi connectivity index (χ1n) is 7.54. The minimum absolute atomic E-state index is 0.0627. The Morgan fingerprint density at radius 3 is 2.74 bits per heavy atom. The predicted octanol–water partition coefficient (Wildman–Crippen LogP) is 3.15. The van der Waals surface area contributed by atoms with Crippen molar-refractivity contribution < 1.29 is 4.79 Å². The van der Waals surface area contributed by atoms with E-state index < -0.39 is 0 Å². The molecule has 0 unspecified atom stereocenters. The Balaban J connectivity index is 1.48. The second kappa shape index (κ2) is 7.73. The third-order valence-electron chi connectivity index (χ3n) is 3.80. The molecule has 0 radical (unpaired) electrons. The van der Waals surface area contributed by atoms with Crippen molar-refractivity contribution in [3.05, 3.63) is 57.5 Å². The molecular weight excluding hydrogens is 330 g/mol. The Bertz CT molecular complexity index is 678. The maximum atomic E-state index is 12.2. The highest BCUT2D eigenvalue weighted by molar-refractivity contribution is 7.16. The summed E-state index contributed by atoms with van der Waals surface area (Å²) in [7, 11) is 0. The molecule has 3 heterocycles. The highest BCUT2D eigenvalue weighted by Gasteiger charge is 2.19. The van der Waals surface area contributed by atoms with Gasteiger partial charge in [0.15, 0.2) is 0 Å². The van der Waals surface area contributed by atoms with Crippen LogP contribution in [-0.4, -0.2) is 46.9 Å². The van der Waals surface area contributed by atoms with Crippen molar-refractivity contribution >= 4 is 34.9 Å². The first-order valence-corrected chi connectivity index (χ1v) is 8.74. The number of halogens is 1. The van der Waals surface area contributed by atoms with Gasteiger partial charge in [0.05, 0.1) is 4.34 Å². The number of piperazine rings is 1. The second-order valence-electron chi connectivity index (χ2n) is 5.43. The lowest BCUT2D eigenvalue weighted by atomic mass is 10.2. The number of hydrogen-bond donors (Lipinski definition) is 0. The Morgan fingerprint density at radius 2 is 2.09 bits per heavy atom. The molecule has 0 aromatic carbocycles. The molecule has 1 aliphatic heterocycles. The number of amides is 1. The van der Waals surface area contributed by atoms with E-state index in [-0.39, 0.29) is 5.91 Å². The van der Waals surface area contributed by atoms with Gasteiger partial charge in [0.25, 0.3) is 0 Å². The maximum Gasteiger partial charge on any atom is 0.246 e. The number of aromatic nitrogens is 1. The van der Waals surface area contributed by atoms with Gasteiger partial charge < -0.3 is 4.90 Å². The molecule has 4 nitrogen and oxygen atoms in total. The second-order valence-corrected chi connectivity index (χ2v) is 7.23. The molecule has 1 fully saturated rings. The molecular formula is C17H18ClN3OS. The van der Waals surface area contributed by atoms with E-state index in [1.807, 2.05) is 29.2 Å². The highest BCUT2D eigenvalue weighted by Crippen LogP contribution is 2.23. The fourth-order valence-corrected chi connectivity index (χ4v) is 3.66. The van der Waals surface area contributed by atoms with Crippen LogP contribution in [0.4, 0.5) is 0 Å². The van der Waals surface area contributed by atoms with E-state index in [2.05, 4.69) is 16.0 Å². The molecule has 3 rings (SSSR count). The van der Waals surface area contributed by atoms with Gasteiger partial charge in [-0.15, -0.1) is 11.3 Å². The fraction of sp³-hybridized carbons (Fsp3) is 0.294. The molecule has 1 aliphatic rings. The summed E-state index contributed by atoms with van der Waals surface area (Å²) >= 11 is 7.58. The quantitative estimate of drug-likeness (QED) is 0.797. The van der Waals surface area contributed by atoms with Gasteiger partial charge in [0.2, 0.25) is 5.91 Å². The number of carbonyl (C=O) groups is 1. The first-order chi connectivity index (χ1) is 11.2. The average molecular weight is 348 g/mol. The molecule has 0 atom stereocenters. The van der Waals surface area contributed by atoms with Crippen molar-refractivity contribution in [3.63, 3.8) is 0 Å². The molecule has 120 valence electrons. The highest BCUT2D eigenvalue weighted by atomic mass is 35.5. The van der Waals surface area contributed by atoms with Crippen molar-refractivity contribution in [2.75, 3.05) is 26.2 Å². The summed E-state index contributed by atoms with van der Waals surface area (Å²) in [6.45, 7) is 4.21. The van der Waals surface area contributed by atoms with Crippen LogP contribution in [0.2, 0.25) is 4.34 Å². The van der Waals surface area contributed by atoms with Gasteiger partial charge in [-0.25, -0.2) is 0 Å². The van der Waals surface area contributed by atoms with Crippen LogP contribution in [-0.2, 0) is 11.3 Å².